The summed E-state index contributed by atoms with van der Waals surface area (Å²) in [7, 11) is 0. The van der Waals surface area contributed by atoms with Gasteiger partial charge in [-0.05, 0) is 18.1 Å². The molecule has 3 N–H and O–H groups in total. The van der Waals surface area contributed by atoms with Crippen LogP contribution in [0, 0.1) is 0 Å². The number of amides is 2. The molecular formula is C19H21F2N3O4. The Morgan fingerprint density at radius 2 is 1.93 bits per heavy atom. The third kappa shape index (κ3) is 6.57. The van der Waals surface area contributed by atoms with Crippen molar-refractivity contribution in [2.45, 2.75) is 38.0 Å². The number of ketones is 1. The zero-order valence-corrected chi connectivity index (χ0v) is 15.1. The van der Waals surface area contributed by atoms with Crippen molar-refractivity contribution in [2.75, 3.05) is 6.54 Å². The molecule has 0 bridgehead atoms. The van der Waals surface area contributed by atoms with Crippen LogP contribution in [0.1, 0.15) is 52.3 Å². The van der Waals surface area contributed by atoms with Gasteiger partial charge in [0.25, 0.3) is 11.8 Å². The standard InChI is InChI=1S/C19H21F2N3O4/c20-19(21,12-13-4-1-2-5-14(13)17(22)27)8-7-16(26)23-9-3-6-15(25)18-24-10-11-28-18/h1-2,4-5,10-11H,3,6-9,12H2,(H2,22,27)(H,23,26). The SMILES string of the molecule is NC(=O)c1ccccc1CC(F)(F)CCC(=O)NCCCC(=O)c1ncco1. The summed E-state index contributed by atoms with van der Waals surface area (Å²) in [5, 5.41) is 2.50. The van der Waals surface area contributed by atoms with E-state index in [1.165, 1.54) is 24.6 Å². The van der Waals surface area contributed by atoms with Gasteiger partial charge in [-0.3, -0.25) is 14.4 Å². The summed E-state index contributed by atoms with van der Waals surface area (Å²) in [5.74, 6) is -4.76. The highest BCUT2D eigenvalue weighted by atomic mass is 19.3. The Kier molecular flexibility index (Phi) is 7.36. The van der Waals surface area contributed by atoms with E-state index < -0.39 is 30.6 Å². The van der Waals surface area contributed by atoms with Gasteiger partial charge in [0, 0.05) is 37.8 Å². The van der Waals surface area contributed by atoms with E-state index in [2.05, 4.69) is 10.3 Å². The highest BCUT2D eigenvalue weighted by molar-refractivity contribution is 5.94. The van der Waals surface area contributed by atoms with E-state index in [1.807, 2.05) is 0 Å². The normalized spacial score (nSPS) is 11.2. The van der Waals surface area contributed by atoms with Crippen LogP contribution in [0.2, 0.25) is 0 Å². The molecule has 0 radical (unpaired) electrons. The number of nitrogens with two attached hydrogens (primary N) is 1. The van der Waals surface area contributed by atoms with E-state index >= 15 is 0 Å². The minimum atomic E-state index is -3.16. The first-order valence-electron chi connectivity index (χ1n) is 8.73. The smallest absolute Gasteiger partial charge is 0.263 e. The minimum absolute atomic E-state index is 0.00205. The third-order valence-electron chi connectivity index (χ3n) is 4.02. The number of carbonyl (C=O) groups excluding carboxylic acids is 3. The zero-order valence-electron chi connectivity index (χ0n) is 15.1. The minimum Gasteiger partial charge on any atom is -0.442 e. The topological polar surface area (TPSA) is 115 Å². The number of hydrogen-bond acceptors (Lipinski definition) is 5. The average molecular weight is 393 g/mol. The molecule has 1 aromatic heterocycles. The number of hydrogen-bond donors (Lipinski definition) is 2. The van der Waals surface area contributed by atoms with Crippen LogP contribution in [-0.4, -0.2) is 35.0 Å². The number of benzene rings is 1. The van der Waals surface area contributed by atoms with Gasteiger partial charge in [0.1, 0.15) is 6.26 Å². The molecule has 2 aromatic rings. The molecule has 0 aliphatic carbocycles. The van der Waals surface area contributed by atoms with Crippen LogP contribution in [0.25, 0.3) is 0 Å². The van der Waals surface area contributed by atoms with Crippen molar-refractivity contribution in [2.24, 2.45) is 5.73 Å². The first kappa shape index (κ1) is 21.2. The second-order valence-electron chi connectivity index (χ2n) is 6.27. The van der Waals surface area contributed by atoms with Crippen LogP contribution in [0.3, 0.4) is 0 Å². The van der Waals surface area contributed by atoms with E-state index in [0.29, 0.717) is 6.42 Å². The zero-order chi connectivity index (χ0) is 20.6. The fourth-order valence-electron chi connectivity index (χ4n) is 2.61. The van der Waals surface area contributed by atoms with Gasteiger partial charge < -0.3 is 15.5 Å². The van der Waals surface area contributed by atoms with Crippen LogP contribution in [0.4, 0.5) is 8.78 Å². The predicted molar refractivity (Wildman–Crippen MR) is 95.9 cm³/mol. The summed E-state index contributed by atoms with van der Waals surface area (Å²) in [6.07, 6.45) is 1.40. The molecular weight excluding hydrogens is 372 g/mol. The number of aromatic nitrogens is 1. The molecule has 0 spiro atoms. The number of Topliss-reactive ketones (excluding diaryl/α,β-unsaturated/α-hetero) is 1. The van der Waals surface area contributed by atoms with Crippen LogP contribution in [0.5, 0.6) is 0 Å². The first-order valence-corrected chi connectivity index (χ1v) is 8.73. The Bertz CT molecular complexity index is 822. The van der Waals surface area contributed by atoms with Crippen LogP contribution in [-0.2, 0) is 11.2 Å². The molecule has 0 aliphatic heterocycles. The number of primary amides is 1. The molecule has 150 valence electrons. The molecule has 0 saturated carbocycles. The Hall–Kier alpha value is -3.10. The van der Waals surface area contributed by atoms with Gasteiger partial charge in [-0.2, -0.15) is 0 Å². The van der Waals surface area contributed by atoms with Crippen molar-refractivity contribution >= 4 is 17.6 Å². The largest absolute Gasteiger partial charge is 0.442 e. The molecule has 2 rings (SSSR count). The Morgan fingerprint density at radius 3 is 2.61 bits per heavy atom. The van der Waals surface area contributed by atoms with E-state index in [0.717, 1.165) is 0 Å². The summed E-state index contributed by atoms with van der Waals surface area (Å²) in [6, 6.07) is 5.89. The maximum absolute atomic E-state index is 14.2. The van der Waals surface area contributed by atoms with Crippen molar-refractivity contribution in [3.05, 3.63) is 53.7 Å². The summed E-state index contributed by atoms with van der Waals surface area (Å²) in [6.45, 7) is 0.182. The lowest BCUT2D eigenvalue weighted by atomic mass is 9.98. The van der Waals surface area contributed by atoms with Gasteiger partial charge in [0.2, 0.25) is 17.6 Å². The van der Waals surface area contributed by atoms with Crippen molar-refractivity contribution in [3.63, 3.8) is 0 Å². The molecule has 0 aliphatic rings. The number of halogens is 2. The first-order chi connectivity index (χ1) is 13.3. The lowest BCUT2D eigenvalue weighted by Crippen LogP contribution is -2.29. The van der Waals surface area contributed by atoms with Crippen molar-refractivity contribution in [1.82, 2.24) is 10.3 Å². The quantitative estimate of drug-likeness (QED) is 0.450. The van der Waals surface area contributed by atoms with Crippen molar-refractivity contribution in [3.8, 4) is 0 Å². The molecule has 1 heterocycles. The molecule has 0 fully saturated rings. The second kappa shape index (κ2) is 9.72. The average Bonchev–Trinajstić information content (AvgIpc) is 3.18. The van der Waals surface area contributed by atoms with Gasteiger partial charge in [0.15, 0.2) is 0 Å². The molecule has 9 heteroatoms. The van der Waals surface area contributed by atoms with Crippen LogP contribution in [0.15, 0.2) is 41.1 Å². The maximum Gasteiger partial charge on any atom is 0.263 e. The maximum atomic E-state index is 14.2. The van der Waals surface area contributed by atoms with Gasteiger partial charge >= 0.3 is 0 Å². The summed E-state index contributed by atoms with van der Waals surface area (Å²) < 4.78 is 33.2. The lowest BCUT2D eigenvalue weighted by Gasteiger charge is -2.17. The predicted octanol–water partition coefficient (Wildman–Crippen LogP) is 2.51. The molecule has 1 aromatic carbocycles. The van der Waals surface area contributed by atoms with E-state index in [-0.39, 0.29) is 42.2 Å². The summed E-state index contributed by atoms with van der Waals surface area (Å²) >= 11 is 0. The highest BCUT2D eigenvalue weighted by Gasteiger charge is 2.31. The number of nitrogens with zero attached hydrogens (tertiary/aromatic N) is 1. The monoisotopic (exact) mass is 393 g/mol. The van der Waals surface area contributed by atoms with E-state index in [4.69, 9.17) is 10.2 Å². The summed E-state index contributed by atoms with van der Waals surface area (Å²) in [4.78, 5) is 38.5. The number of alkyl halides is 2. The van der Waals surface area contributed by atoms with Gasteiger partial charge in [0.05, 0.1) is 6.20 Å². The molecule has 0 atom stereocenters. The molecule has 0 saturated heterocycles. The van der Waals surface area contributed by atoms with Gasteiger partial charge in [-0.25, -0.2) is 13.8 Å². The fraction of sp³-hybridized carbons (Fsp3) is 0.368. The molecule has 7 nitrogen and oxygen atoms in total. The van der Waals surface area contributed by atoms with Gasteiger partial charge in [-0.1, -0.05) is 18.2 Å². The summed E-state index contributed by atoms with van der Waals surface area (Å²) in [5.41, 5.74) is 5.38. The fourth-order valence-corrected chi connectivity index (χ4v) is 2.61. The lowest BCUT2D eigenvalue weighted by molar-refractivity contribution is -0.123. The van der Waals surface area contributed by atoms with E-state index in [1.54, 1.807) is 12.1 Å². The van der Waals surface area contributed by atoms with Crippen molar-refractivity contribution < 1.29 is 27.6 Å². The highest BCUT2D eigenvalue weighted by Crippen LogP contribution is 2.27. The number of oxazole rings is 1. The van der Waals surface area contributed by atoms with Crippen LogP contribution < -0.4 is 11.1 Å². The number of carbonyl (C=O) groups is 3. The second-order valence-corrected chi connectivity index (χ2v) is 6.27. The number of rotatable bonds is 11. The Balaban J connectivity index is 1.72. The van der Waals surface area contributed by atoms with Gasteiger partial charge in [-0.15, -0.1) is 0 Å². The number of nitrogens with one attached hydrogen (secondary N) is 1. The molecule has 28 heavy (non-hydrogen) atoms. The molecule has 0 unspecified atom stereocenters. The Labute approximate surface area is 160 Å². The third-order valence-corrected chi connectivity index (χ3v) is 4.02. The molecule has 2 amide bonds. The van der Waals surface area contributed by atoms with E-state index in [9.17, 15) is 23.2 Å². The Morgan fingerprint density at radius 1 is 1.18 bits per heavy atom. The van der Waals surface area contributed by atoms with Crippen LogP contribution >= 0.6 is 0 Å². The van der Waals surface area contributed by atoms with Crippen molar-refractivity contribution in [1.29, 1.82) is 0 Å².